The van der Waals surface area contributed by atoms with Crippen molar-refractivity contribution in [2.75, 3.05) is 5.75 Å². The molecule has 7 nitrogen and oxygen atoms in total. The van der Waals surface area contributed by atoms with Gasteiger partial charge in [-0.1, -0.05) is 36.0 Å². The molecule has 0 saturated heterocycles. The Kier molecular flexibility index (Phi) is 4.97. The van der Waals surface area contributed by atoms with E-state index in [1.807, 2.05) is 49.4 Å². The fourth-order valence-corrected chi connectivity index (χ4v) is 3.36. The topological polar surface area (TPSA) is 83.3 Å². The summed E-state index contributed by atoms with van der Waals surface area (Å²) in [4.78, 5) is 11.9. The number of fused-ring (bicyclic) bond motifs is 1. The average molecular weight is 383 g/mol. The summed E-state index contributed by atoms with van der Waals surface area (Å²) in [5, 5.41) is 8.44. The van der Waals surface area contributed by atoms with Gasteiger partial charge in [-0.25, -0.2) is 4.79 Å². The van der Waals surface area contributed by atoms with E-state index in [-0.39, 0.29) is 12.4 Å². The van der Waals surface area contributed by atoms with Crippen LogP contribution in [0.1, 0.15) is 11.5 Å². The van der Waals surface area contributed by atoms with Crippen molar-refractivity contribution in [1.29, 1.82) is 0 Å². The number of aromatic nitrogens is 3. The Bertz CT molecular complexity index is 1120. The lowest BCUT2D eigenvalue weighted by atomic mass is 10.2. The van der Waals surface area contributed by atoms with E-state index in [1.54, 1.807) is 10.6 Å². The summed E-state index contributed by atoms with van der Waals surface area (Å²) in [7, 11) is 0. The highest BCUT2D eigenvalue weighted by molar-refractivity contribution is 7.99. The molecule has 0 fully saturated rings. The van der Waals surface area contributed by atoms with Crippen LogP contribution in [0.5, 0.6) is 5.75 Å². The molecule has 0 bridgehead atoms. The van der Waals surface area contributed by atoms with Gasteiger partial charge >= 0.3 is 5.76 Å². The molecular formula is C19H17N3O4S. The first-order chi connectivity index (χ1) is 13.2. The fourth-order valence-electron chi connectivity index (χ4n) is 2.66. The van der Waals surface area contributed by atoms with Crippen molar-refractivity contribution in [1.82, 2.24) is 14.8 Å². The van der Waals surface area contributed by atoms with E-state index in [4.69, 9.17) is 13.6 Å². The number of hydrogen-bond donors (Lipinski definition) is 0. The summed E-state index contributed by atoms with van der Waals surface area (Å²) in [6.07, 6.45) is 0. The van der Waals surface area contributed by atoms with Crippen molar-refractivity contribution in [2.24, 2.45) is 0 Å². The molecule has 0 unspecified atom stereocenters. The number of benzene rings is 2. The molecule has 4 rings (SSSR count). The largest absolute Gasteiger partial charge is 0.484 e. The third-order valence-electron chi connectivity index (χ3n) is 3.91. The lowest BCUT2D eigenvalue weighted by Gasteiger charge is -2.03. The van der Waals surface area contributed by atoms with Gasteiger partial charge in [0.05, 0.1) is 5.52 Å². The third-order valence-corrected chi connectivity index (χ3v) is 4.71. The Morgan fingerprint density at radius 2 is 2.00 bits per heavy atom. The van der Waals surface area contributed by atoms with Gasteiger partial charge < -0.3 is 13.6 Å². The van der Waals surface area contributed by atoms with Crippen LogP contribution in [0.3, 0.4) is 0 Å². The van der Waals surface area contributed by atoms with Crippen molar-refractivity contribution in [2.45, 2.75) is 25.3 Å². The molecule has 0 aliphatic heterocycles. The van der Waals surface area contributed by atoms with Crippen molar-refractivity contribution < 1.29 is 13.6 Å². The van der Waals surface area contributed by atoms with Crippen LogP contribution in [-0.2, 0) is 13.2 Å². The third kappa shape index (κ3) is 4.06. The number of nitrogens with zero attached hydrogens (tertiary/aromatic N) is 3. The first-order valence-corrected chi connectivity index (χ1v) is 9.40. The second-order valence-corrected chi connectivity index (χ2v) is 6.95. The zero-order valence-corrected chi connectivity index (χ0v) is 15.4. The predicted molar refractivity (Wildman–Crippen MR) is 101 cm³/mol. The maximum Gasteiger partial charge on any atom is 0.419 e. The van der Waals surface area contributed by atoms with Crippen LogP contribution < -0.4 is 10.5 Å². The van der Waals surface area contributed by atoms with Crippen LogP contribution in [0, 0.1) is 6.92 Å². The number of aryl methyl sites for hydroxylation is 2. The smallest absolute Gasteiger partial charge is 0.419 e. The average Bonchev–Trinajstić information content (AvgIpc) is 3.24. The quantitative estimate of drug-likeness (QED) is 0.450. The van der Waals surface area contributed by atoms with E-state index in [2.05, 4.69) is 10.2 Å². The number of para-hydroxylation sites is 2. The van der Waals surface area contributed by atoms with Gasteiger partial charge in [-0.2, -0.15) is 0 Å². The Balaban J connectivity index is 1.33. The Labute approximate surface area is 159 Å². The first kappa shape index (κ1) is 17.4. The zero-order valence-electron chi connectivity index (χ0n) is 14.6. The Hall–Kier alpha value is -3.00. The molecular weight excluding hydrogens is 366 g/mol. The molecule has 0 N–H and O–H groups in total. The minimum atomic E-state index is -0.366. The zero-order chi connectivity index (χ0) is 18.6. The van der Waals surface area contributed by atoms with E-state index in [1.165, 1.54) is 11.8 Å². The van der Waals surface area contributed by atoms with Gasteiger partial charge in [0.2, 0.25) is 0 Å². The molecule has 4 aromatic rings. The predicted octanol–water partition coefficient (Wildman–Crippen LogP) is 3.66. The first-order valence-electron chi connectivity index (χ1n) is 8.42. The molecule has 0 spiro atoms. The second kappa shape index (κ2) is 7.71. The summed E-state index contributed by atoms with van der Waals surface area (Å²) in [6.45, 7) is 2.70. The Morgan fingerprint density at radius 1 is 1.11 bits per heavy atom. The number of hydrogen-bond acceptors (Lipinski definition) is 7. The summed E-state index contributed by atoms with van der Waals surface area (Å²) in [5.41, 5.74) is 2.48. The van der Waals surface area contributed by atoms with E-state index < -0.39 is 0 Å². The molecule has 0 radical (unpaired) electrons. The van der Waals surface area contributed by atoms with Crippen molar-refractivity contribution in [3.8, 4) is 5.75 Å². The summed E-state index contributed by atoms with van der Waals surface area (Å²) >= 11 is 1.38. The minimum Gasteiger partial charge on any atom is -0.484 e. The van der Waals surface area contributed by atoms with E-state index in [9.17, 15) is 4.79 Å². The molecule has 0 aliphatic rings. The van der Waals surface area contributed by atoms with Gasteiger partial charge in [0.1, 0.15) is 5.75 Å². The van der Waals surface area contributed by atoms with Gasteiger partial charge in [-0.15, -0.1) is 10.2 Å². The molecule has 0 aliphatic carbocycles. The lowest BCUT2D eigenvalue weighted by Crippen LogP contribution is -2.15. The van der Waals surface area contributed by atoms with Gasteiger partial charge in [0, 0.05) is 12.3 Å². The Morgan fingerprint density at radius 3 is 2.89 bits per heavy atom. The molecule has 0 atom stereocenters. The van der Waals surface area contributed by atoms with Crippen LogP contribution in [0.2, 0.25) is 0 Å². The molecule has 0 saturated carbocycles. The highest BCUT2D eigenvalue weighted by Crippen LogP contribution is 2.19. The monoisotopic (exact) mass is 383 g/mol. The molecule has 138 valence electrons. The van der Waals surface area contributed by atoms with E-state index >= 15 is 0 Å². The summed E-state index contributed by atoms with van der Waals surface area (Å²) in [5.74, 6) is 1.40. The second-order valence-electron chi connectivity index (χ2n) is 5.90. The normalized spacial score (nSPS) is 11.1. The SMILES string of the molecule is Cc1cccc(OCc2nnc(SCCn3c(=O)oc4ccccc43)o2)c1. The van der Waals surface area contributed by atoms with Crippen molar-refractivity contribution >= 4 is 22.9 Å². The van der Waals surface area contributed by atoms with E-state index in [0.29, 0.717) is 29.0 Å². The molecule has 2 aromatic heterocycles. The molecule has 0 amide bonds. The van der Waals surface area contributed by atoms with Gasteiger partial charge in [0.25, 0.3) is 11.1 Å². The van der Waals surface area contributed by atoms with Crippen LogP contribution >= 0.6 is 11.8 Å². The van der Waals surface area contributed by atoms with Crippen LogP contribution in [0.4, 0.5) is 0 Å². The highest BCUT2D eigenvalue weighted by Gasteiger charge is 2.11. The molecule has 2 aromatic carbocycles. The van der Waals surface area contributed by atoms with Crippen LogP contribution in [0.15, 0.2) is 67.4 Å². The number of oxazole rings is 1. The maximum atomic E-state index is 11.9. The standard InChI is InChI=1S/C19H17N3O4S/c1-13-5-4-6-14(11-13)24-12-17-20-21-18(26-17)27-10-9-22-15-7-2-3-8-16(15)25-19(22)23/h2-8,11H,9-10,12H2,1H3. The fraction of sp³-hybridized carbons (Fsp3) is 0.211. The number of rotatable bonds is 7. The van der Waals surface area contributed by atoms with Crippen molar-refractivity contribution in [3.05, 3.63) is 70.5 Å². The van der Waals surface area contributed by atoms with Gasteiger partial charge in [-0.05, 0) is 36.8 Å². The summed E-state index contributed by atoms with van der Waals surface area (Å²) < 4.78 is 18.0. The van der Waals surface area contributed by atoms with E-state index in [0.717, 1.165) is 16.8 Å². The molecule has 2 heterocycles. The highest BCUT2D eigenvalue weighted by atomic mass is 32.2. The number of thioether (sulfide) groups is 1. The van der Waals surface area contributed by atoms with Gasteiger partial charge in [0.15, 0.2) is 12.2 Å². The number of ether oxygens (including phenoxy) is 1. The minimum absolute atomic E-state index is 0.211. The molecule has 8 heteroatoms. The molecule has 27 heavy (non-hydrogen) atoms. The lowest BCUT2D eigenvalue weighted by molar-refractivity contribution is 0.252. The summed E-state index contributed by atoms with van der Waals surface area (Å²) in [6, 6.07) is 15.1. The van der Waals surface area contributed by atoms with Crippen molar-refractivity contribution in [3.63, 3.8) is 0 Å². The maximum absolute atomic E-state index is 11.9. The van der Waals surface area contributed by atoms with Crippen LogP contribution in [0.25, 0.3) is 11.1 Å². The van der Waals surface area contributed by atoms with Gasteiger partial charge in [-0.3, -0.25) is 4.57 Å². The van der Waals surface area contributed by atoms with Crippen LogP contribution in [-0.4, -0.2) is 20.5 Å².